The van der Waals surface area contributed by atoms with Crippen molar-refractivity contribution in [2.45, 2.75) is 6.42 Å². The quantitative estimate of drug-likeness (QED) is 0.296. The SMILES string of the molecule is CN(C)CCCN(C(=O)c1cccc(Oc2ccccc2)c1)c1nc2ccc(F)cc2s1.Cl. The standard InChI is InChI=1S/C25H24FN3O2S.ClH/c1-28(2)14-7-15-29(25-27-22-13-12-19(26)17-23(22)32-25)24(30)18-8-6-11-21(16-18)31-20-9-4-3-5-10-20;/h3-6,8-13,16-17H,7,14-15H2,1-2H3;1H. The maximum Gasteiger partial charge on any atom is 0.260 e. The van der Waals surface area contributed by atoms with E-state index in [1.54, 1.807) is 29.2 Å². The lowest BCUT2D eigenvalue weighted by Crippen LogP contribution is -2.33. The summed E-state index contributed by atoms with van der Waals surface area (Å²) >= 11 is 1.32. The van der Waals surface area contributed by atoms with Crippen molar-refractivity contribution in [3.8, 4) is 11.5 Å². The summed E-state index contributed by atoms with van der Waals surface area (Å²) in [5.41, 5.74) is 1.19. The molecular weight excluding hydrogens is 461 g/mol. The second-order valence-electron chi connectivity index (χ2n) is 7.67. The molecule has 4 aromatic rings. The predicted molar refractivity (Wildman–Crippen MR) is 135 cm³/mol. The molecule has 0 saturated heterocycles. The summed E-state index contributed by atoms with van der Waals surface area (Å²) in [5, 5.41) is 0.559. The third-order valence-electron chi connectivity index (χ3n) is 4.86. The zero-order valence-corrected chi connectivity index (χ0v) is 20.0. The Morgan fingerprint density at radius 3 is 2.48 bits per heavy atom. The normalized spacial score (nSPS) is 10.8. The molecule has 1 aromatic heterocycles. The van der Waals surface area contributed by atoms with E-state index in [2.05, 4.69) is 9.88 Å². The van der Waals surface area contributed by atoms with Crippen LogP contribution >= 0.6 is 23.7 Å². The minimum atomic E-state index is -0.316. The van der Waals surface area contributed by atoms with E-state index in [1.165, 1.54) is 23.5 Å². The predicted octanol–water partition coefficient (Wildman–Crippen LogP) is 6.25. The number of para-hydroxylation sites is 1. The van der Waals surface area contributed by atoms with Crippen molar-refractivity contribution in [2.75, 3.05) is 32.1 Å². The van der Waals surface area contributed by atoms with E-state index >= 15 is 0 Å². The molecule has 1 heterocycles. The molecule has 0 atom stereocenters. The van der Waals surface area contributed by atoms with Gasteiger partial charge >= 0.3 is 0 Å². The van der Waals surface area contributed by atoms with Crippen molar-refractivity contribution in [3.63, 3.8) is 0 Å². The lowest BCUT2D eigenvalue weighted by molar-refractivity contribution is 0.0985. The molecule has 172 valence electrons. The fraction of sp³-hybridized carbons (Fsp3) is 0.200. The minimum Gasteiger partial charge on any atom is -0.457 e. The van der Waals surface area contributed by atoms with Gasteiger partial charge in [0.25, 0.3) is 5.91 Å². The molecule has 0 saturated carbocycles. The molecule has 0 N–H and O–H groups in total. The summed E-state index contributed by atoms with van der Waals surface area (Å²) < 4.78 is 20.3. The van der Waals surface area contributed by atoms with Crippen LogP contribution in [0.3, 0.4) is 0 Å². The summed E-state index contributed by atoms with van der Waals surface area (Å²) in [4.78, 5) is 21.9. The molecule has 4 rings (SSSR count). The number of hydrogen-bond acceptors (Lipinski definition) is 5. The Bertz CT molecular complexity index is 1220. The van der Waals surface area contributed by atoms with Gasteiger partial charge in [0.1, 0.15) is 17.3 Å². The third kappa shape index (κ3) is 6.28. The third-order valence-corrected chi connectivity index (χ3v) is 5.90. The molecule has 5 nitrogen and oxygen atoms in total. The maximum atomic E-state index is 13.7. The molecule has 0 aliphatic heterocycles. The monoisotopic (exact) mass is 485 g/mol. The summed E-state index contributed by atoms with van der Waals surface area (Å²) in [6, 6.07) is 21.0. The number of anilines is 1. The number of hydrogen-bond donors (Lipinski definition) is 0. The Labute approximate surface area is 202 Å². The van der Waals surface area contributed by atoms with Crippen molar-refractivity contribution in [2.24, 2.45) is 0 Å². The van der Waals surface area contributed by atoms with E-state index in [4.69, 9.17) is 4.74 Å². The van der Waals surface area contributed by atoms with Crippen LogP contribution in [0, 0.1) is 5.82 Å². The number of rotatable bonds is 8. The minimum absolute atomic E-state index is 0. The van der Waals surface area contributed by atoms with E-state index in [0.29, 0.717) is 39.0 Å². The number of fused-ring (bicyclic) bond motifs is 1. The van der Waals surface area contributed by atoms with Gasteiger partial charge < -0.3 is 9.64 Å². The van der Waals surface area contributed by atoms with Crippen LogP contribution < -0.4 is 9.64 Å². The van der Waals surface area contributed by atoms with E-state index in [9.17, 15) is 9.18 Å². The highest BCUT2D eigenvalue weighted by atomic mass is 35.5. The first-order valence-corrected chi connectivity index (χ1v) is 11.2. The molecule has 0 aliphatic carbocycles. The lowest BCUT2D eigenvalue weighted by atomic mass is 10.2. The lowest BCUT2D eigenvalue weighted by Gasteiger charge is -2.21. The van der Waals surface area contributed by atoms with Gasteiger partial charge in [-0.2, -0.15) is 0 Å². The van der Waals surface area contributed by atoms with Gasteiger partial charge in [0, 0.05) is 12.1 Å². The van der Waals surface area contributed by atoms with Crippen LogP contribution in [0.15, 0.2) is 72.8 Å². The zero-order chi connectivity index (χ0) is 22.5. The smallest absolute Gasteiger partial charge is 0.260 e. The fourth-order valence-electron chi connectivity index (χ4n) is 3.30. The molecule has 8 heteroatoms. The fourth-order valence-corrected chi connectivity index (χ4v) is 4.32. The van der Waals surface area contributed by atoms with Crippen molar-refractivity contribution in [3.05, 3.63) is 84.2 Å². The van der Waals surface area contributed by atoms with Crippen LogP contribution in [-0.4, -0.2) is 43.0 Å². The number of carbonyl (C=O) groups excluding carboxylic acids is 1. The zero-order valence-electron chi connectivity index (χ0n) is 18.4. The second-order valence-corrected chi connectivity index (χ2v) is 8.67. The molecule has 33 heavy (non-hydrogen) atoms. The van der Waals surface area contributed by atoms with Gasteiger partial charge in [-0.05, 0) is 75.6 Å². The number of thiazole rings is 1. The van der Waals surface area contributed by atoms with Gasteiger partial charge in [-0.25, -0.2) is 9.37 Å². The van der Waals surface area contributed by atoms with E-state index in [-0.39, 0.29) is 24.1 Å². The Kier molecular flexibility index (Phi) is 8.38. The van der Waals surface area contributed by atoms with E-state index in [1.807, 2.05) is 50.5 Å². The van der Waals surface area contributed by atoms with Crippen LogP contribution in [0.1, 0.15) is 16.8 Å². The van der Waals surface area contributed by atoms with E-state index < -0.39 is 0 Å². The Morgan fingerprint density at radius 1 is 0.970 bits per heavy atom. The molecule has 0 aliphatic rings. The average Bonchev–Trinajstić information content (AvgIpc) is 3.20. The highest BCUT2D eigenvalue weighted by Crippen LogP contribution is 2.31. The van der Waals surface area contributed by atoms with Crippen LogP contribution in [0.5, 0.6) is 11.5 Å². The first-order chi connectivity index (χ1) is 15.5. The highest BCUT2D eigenvalue weighted by Gasteiger charge is 2.22. The van der Waals surface area contributed by atoms with Gasteiger partial charge in [-0.3, -0.25) is 9.69 Å². The summed E-state index contributed by atoms with van der Waals surface area (Å²) in [5.74, 6) is 0.806. The average molecular weight is 486 g/mol. The maximum absolute atomic E-state index is 13.7. The number of carbonyl (C=O) groups is 1. The Balaban J connectivity index is 0.00000306. The molecule has 0 radical (unpaired) electrons. The first-order valence-electron chi connectivity index (χ1n) is 10.4. The number of ether oxygens (including phenoxy) is 1. The number of amides is 1. The van der Waals surface area contributed by atoms with Gasteiger partial charge in [0.15, 0.2) is 5.13 Å². The molecular formula is C25H25ClFN3O2S. The van der Waals surface area contributed by atoms with Crippen molar-refractivity contribution in [1.82, 2.24) is 9.88 Å². The van der Waals surface area contributed by atoms with Crippen LogP contribution in [0.4, 0.5) is 9.52 Å². The first kappa shape index (κ1) is 24.6. The second kappa shape index (κ2) is 11.2. The Morgan fingerprint density at radius 2 is 1.73 bits per heavy atom. The van der Waals surface area contributed by atoms with E-state index in [0.717, 1.165) is 13.0 Å². The molecule has 0 bridgehead atoms. The van der Waals surface area contributed by atoms with Crippen molar-refractivity contribution < 1.29 is 13.9 Å². The van der Waals surface area contributed by atoms with Crippen molar-refractivity contribution >= 4 is 45.0 Å². The molecule has 0 fully saturated rings. The molecule has 0 unspecified atom stereocenters. The summed E-state index contributed by atoms with van der Waals surface area (Å²) in [7, 11) is 3.99. The number of halogens is 2. The number of nitrogens with zero attached hydrogens (tertiary/aromatic N) is 3. The highest BCUT2D eigenvalue weighted by molar-refractivity contribution is 7.22. The van der Waals surface area contributed by atoms with Gasteiger partial charge in [-0.1, -0.05) is 35.6 Å². The van der Waals surface area contributed by atoms with Crippen LogP contribution in [-0.2, 0) is 0 Å². The molecule has 0 spiro atoms. The van der Waals surface area contributed by atoms with Crippen LogP contribution in [0.2, 0.25) is 0 Å². The van der Waals surface area contributed by atoms with Gasteiger partial charge in [0.05, 0.1) is 10.2 Å². The summed E-state index contributed by atoms with van der Waals surface area (Å²) in [6.07, 6.45) is 0.781. The van der Waals surface area contributed by atoms with Gasteiger partial charge in [-0.15, -0.1) is 12.4 Å². The molecule has 1 amide bonds. The topological polar surface area (TPSA) is 45.7 Å². The van der Waals surface area contributed by atoms with Crippen molar-refractivity contribution in [1.29, 1.82) is 0 Å². The van der Waals surface area contributed by atoms with Gasteiger partial charge in [0.2, 0.25) is 0 Å². The summed E-state index contributed by atoms with van der Waals surface area (Å²) in [6.45, 7) is 1.34. The molecule has 3 aromatic carbocycles. The largest absolute Gasteiger partial charge is 0.457 e. The Hall–Kier alpha value is -3.00. The number of benzene rings is 3. The van der Waals surface area contributed by atoms with Crippen LogP contribution in [0.25, 0.3) is 10.2 Å². The number of aromatic nitrogens is 1.